The second kappa shape index (κ2) is 6.87. The lowest BCUT2D eigenvalue weighted by atomic mass is 10.4. The van der Waals surface area contributed by atoms with Crippen LogP contribution in [0.5, 0.6) is 0 Å². The number of nitrogens with one attached hydrogen (secondary N) is 1. The van der Waals surface area contributed by atoms with Crippen LogP contribution in [-0.2, 0) is 16.1 Å². The van der Waals surface area contributed by atoms with E-state index in [-0.39, 0.29) is 13.1 Å². The molecule has 8 nitrogen and oxygen atoms in total. The van der Waals surface area contributed by atoms with Gasteiger partial charge in [-0.2, -0.15) is 0 Å². The summed E-state index contributed by atoms with van der Waals surface area (Å²) in [5.74, 6) is -1.04. The lowest BCUT2D eigenvalue weighted by Gasteiger charge is -2.16. The largest absolute Gasteiger partial charge is 0.369 e. The molecule has 0 saturated heterocycles. The molecular formula is C9H16N6O2S. The maximum absolute atomic E-state index is 10.9. The van der Waals surface area contributed by atoms with Crippen molar-refractivity contribution in [1.29, 1.82) is 0 Å². The Balaban J connectivity index is 2.62. The average molecular weight is 272 g/mol. The number of hydrogen-bond acceptors (Lipinski definition) is 7. The molecule has 9 heteroatoms. The lowest BCUT2D eigenvalue weighted by Crippen LogP contribution is -2.39. The van der Waals surface area contributed by atoms with E-state index in [2.05, 4.69) is 15.5 Å². The third-order valence-electron chi connectivity index (χ3n) is 1.91. The van der Waals surface area contributed by atoms with Gasteiger partial charge in [0.2, 0.25) is 16.9 Å². The third kappa shape index (κ3) is 5.06. The van der Waals surface area contributed by atoms with Crippen LogP contribution in [0.1, 0.15) is 11.9 Å². The van der Waals surface area contributed by atoms with E-state index in [0.717, 1.165) is 6.54 Å². The highest BCUT2D eigenvalue weighted by molar-refractivity contribution is 7.15. The normalized spacial score (nSPS) is 10.6. The molecule has 0 fully saturated rings. The summed E-state index contributed by atoms with van der Waals surface area (Å²) in [6.07, 6.45) is 0. The standard InChI is InChI=1S/C9H16N6O2S/c1-2-12-9-14-13-8(18-9)5-15(3-6(10)16)4-7(11)17/h2-5H2,1H3,(H2,10,16)(H2,11,17)(H,12,14). The van der Waals surface area contributed by atoms with E-state index in [1.54, 1.807) is 0 Å². The molecule has 2 amide bonds. The van der Waals surface area contributed by atoms with Gasteiger partial charge in [-0.1, -0.05) is 11.3 Å². The van der Waals surface area contributed by atoms with Crippen LogP contribution in [0.2, 0.25) is 0 Å². The highest BCUT2D eigenvalue weighted by Crippen LogP contribution is 2.16. The Morgan fingerprint density at radius 2 is 1.89 bits per heavy atom. The van der Waals surface area contributed by atoms with Crippen LogP contribution in [0.4, 0.5) is 5.13 Å². The molecule has 0 spiro atoms. The molecule has 5 N–H and O–H groups in total. The molecule has 0 aliphatic carbocycles. The van der Waals surface area contributed by atoms with Crippen LogP contribution < -0.4 is 16.8 Å². The lowest BCUT2D eigenvalue weighted by molar-refractivity contribution is -0.122. The minimum Gasteiger partial charge on any atom is -0.369 e. The van der Waals surface area contributed by atoms with Gasteiger partial charge >= 0.3 is 0 Å². The first-order valence-corrected chi connectivity index (χ1v) is 6.18. The minimum atomic E-state index is -0.521. The Morgan fingerprint density at radius 1 is 1.28 bits per heavy atom. The first kappa shape index (κ1) is 14.3. The molecule has 18 heavy (non-hydrogen) atoms. The Kier molecular flexibility index (Phi) is 5.46. The zero-order valence-electron chi connectivity index (χ0n) is 10.0. The predicted molar refractivity (Wildman–Crippen MR) is 67.7 cm³/mol. The number of rotatable bonds is 8. The number of hydrogen-bond donors (Lipinski definition) is 3. The van der Waals surface area contributed by atoms with Gasteiger partial charge in [0.05, 0.1) is 19.6 Å². The fourth-order valence-electron chi connectivity index (χ4n) is 1.34. The van der Waals surface area contributed by atoms with E-state index in [9.17, 15) is 9.59 Å². The topological polar surface area (TPSA) is 127 Å². The number of primary amides is 2. The van der Waals surface area contributed by atoms with Gasteiger partial charge in [0.15, 0.2) is 0 Å². The SMILES string of the molecule is CCNc1nnc(CN(CC(N)=O)CC(N)=O)s1. The second-order valence-corrected chi connectivity index (χ2v) is 4.67. The summed E-state index contributed by atoms with van der Waals surface area (Å²) in [6.45, 7) is 2.93. The smallest absolute Gasteiger partial charge is 0.231 e. The summed E-state index contributed by atoms with van der Waals surface area (Å²) in [4.78, 5) is 23.3. The summed E-state index contributed by atoms with van der Waals surface area (Å²) in [7, 11) is 0. The van der Waals surface area contributed by atoms with Gasteiger partial charge in [-0.05, 0) is 6.92 Å². The zero-order valence-corrected chi connectivity index (χ0v) is 10.9. The Bertz CT molecular complexity index is 405. The summed E-state index contributed by atoms with van der Waals surface area (Å²) in [5.41, 5.74) is 10.2. The quantitative estimate of drug-likeness (QED) is 0.542. The molecule has 0 aliphatic rings. The molecule has 0 atom stereocenters. The molecule has 0 radical (unpaired) electrons. The van der Waals surface area contributed by atoms with Crippen LogP contribution in [-0.4, -0.2) is 46.5 Å². The van der Waals surface area contributed by atoms with Crippen LogP contribution in [0.15, 0.2) is 0 Å². The monoisotopic (exact) mass is 272 g/mol. The van der Waals surface area contributed by atoms with Gasteiger partial charge in [-0.3, -0.25) is 14.5 Å². The van der Waals surface area contributed by atoms with Crippen LogP contribution in [0, 0.1) is 0 Å². The van der Waals surface area contributed by atoms with Gasteiger partial charge in [-0.25, -0.2) is 0 Å². The number of amides is 2. The van der Waals surface area contributed by atoms with Crippen LogP contribution >= 0.6 is 11.3 Å². The fraction of sp³-hybridized carbons (Fsp3) is 0.556. The van der Waals surface area contributed by atoms with Crippen molar-refractivity contribution in [2.75, 3.05) is 25.0 Å². The molecule has 0 aromatic carbocycles. The molecule has 0 saturated carbocycles. The van der Waals surface area contributed by atoms with Gasteiger partial charge in [0.25, 0.3) is 0 Å². The van der Waals surface area contributed by atoms with Crippen LogP contribution in [0.3, 0.4) is 0 Å². The maximum atomic E-state index is 10.9. The molecule has 1 rings (SSSR count). The van der Waals surface area contributed by atoms with Gasteiger partial charge < -0.3 is 16.8 Å². The number of anilines is 1. The molecule has 1 aromatic rings. The molecular weight excluding hydrogens is 256 g/mol. The Morgan fingerprint density at radius 3 is 2.39 bits per heavy atom. The van der Waals surface area contributed by atoms with Crippen molar-refractivity contribution < 1.29 is 9.59 Å². The average Bonchev–Trinajstić information content (AvgIpc) is 2.64. The highest BCUT2D eigenvalue weighted by Gasteiger charge is 2.14. The number of carbonyl (C=O) groups is 2. The molecule has 0 bridgehead atoms. The number of aromatic nitrogens is 2. The fourth-order valence-corrected chi connectivity index (χ4v) is 2.19. The minimum absolute atomic E-state index is 0.0426. The Hall–Kier alpha value is -1.74. The molecule has 0 aliphatic heterocycles. The van der Waals surface area contributed by atoms with Crippen molar-refractivity contribution in [3.8, 4) is 0 Å². The molecule has 0 unspecified atom stereocenters. The van der Waals surface area contributed by atoms with Crippen molar-refractivity contribution in [1.82, 2.24) is 15.1 Å². The van der Waals surface area contributed by atoms with E-state index in [1.807, 2.05) is 6.92 Å². The zero-order chi connectivity index (χ0) is 13.5. The number of nitrogens with zero attached hydrogens (tertiary/aromatic N) is 3. The van der Waals surface area contributed by atoms with E-state index in [0.29, 0.717) is 16.7 Å². The van der Waals surface area contributed by atoms with Crippen molar-refractivity contribution in [2.45, 2.75) is 13.5 Å². The van der Waals surface area contributed by atoms with E-state index in [4.69, 9.17) is 11.5 Å². The van der Waals surface area contributed by atoms with Crippen LogP contribution in [0.25, 0.3) is 0 Å². The van der Waals surface area contributed by atoms with Crippen molar-refractivity contribution in [2.24, 2.45) is 11.5 Å². The predicted octanol–water partition coefficient (Wildman–Crippen LogP) is -1.26. The van der Waals surface area contributed by atoms with Gasteiger partial charge in [0, 0.05) is 6.54 Å². The highest BCUT2D eigenvalue weighted by atomic mass is 32.1. The molecule has 100 valence electrons. The summed E-state index contributed by atoms with van der Waals surface area (Å²) in [5, 5.41) is 12.3. The van der Waals surface area contributed by atoms with Crippen molar-refractivity contribution in [3.05, 3.63) is 5.01 Å². The number of carbonyl (C=O) groups excluding carboxylic acids is 2. The first-order valence-electron chi connectivity index (χ1n) is 5.36. The second-order valence-electron chi connectivity index (χ2n) is 3.61. The van der Waals surface area contributed by atoms with E-state index in [1.165, 1.54) is 16.2 Å². The van der Waals surface area contributed by atoms with E-state index < -0.39 is 11.8 Å². The maximum Gasteiger partial charge on any atom is 0.231 e. The van der Waals surface area contributed by atoms with Crippen molar-refractivity contribution in [3.63, 3.8) is 0 Å². The third-order valence-corrected chi connectivity index (χ3v) is 2.78. The van der Waals surface area contributed by atoms with Crippen molar-refractivity contribution >= 4 is 28.3 Å². The summed E-state index contributed by atoms with van der Waals surface area (Å²) < 4.78 is 0. The Labute approximate surface area is 108 Å². The summed E-state index contributed by atoms with van der Waals surface area (Å²) in [6, 6.07) is 0. The summed E-state index contributed by atoms with van der Waals surface area (Å²) >= 11 is 1.36. The van der Waals surface area contributed by atoms with Gasteiger partial charge in [0.1, 0.15) is 5.01 Å². The first-order chi connectivity index (χ1) is 8.51. The molecule has 1 aromatic heterocycles. The van der Waals surface area contributed by atoms with E-state index >= 15 is 0 Å². The number of nitrogens with two attached hydrogens (primary N) is 2. The molecule has 1 heterocycles. The van der Waals surface area contributed by atoms with Gasteiger partial charge in [-0.15, -0.1) is 10.2 Å².